The van der Waals surface area contributed by atoms with Crippen molar-refractivity contribution >= 4 is 23.2 Å². The van der Waals surface area contributed by atoms with Gasteiger partial charge in [-0.2, -0.15) is 0 Å². The number of hydrogen-bond donors (Lipinski definition) is 1. The lowest BCUT2D eigenvalue weighted by molar-refractivity contribution is 0.102. The molecule has 0 unspecified atom stereocenters. The Morgan fingerprint density at radius 2 is 1.70 bits per heavy atom. The van der Waals surface area contributed by atoms with Crippen LogP contribution in [0.3, 0.4) is 0 Å². The summed E-state index contributed by atoms with van der Waals surface area (Å²) in [5, 5.41) is 2.99. The van der Waals surface area contributed by atoms with E-state index in [9.17, 15) is 4.79 Å². The first kappa shape index (κ1) is 24.5. The van der Waals surface area contributed by atoms with Gasteiger partial charge in [-0.25, -0.2) is 9.97 Å². The first-order valence-corrected chi connectivity index (χ1v) is 12.4. The number of aromatic nitrogens is 3. The topological polar surface area (TPSA) is 77.5 Å². The van der Waals surface area contributed by atoms with Crippen LogP contribution in [0.4, 0.5) is 17.3 Å². The molecule has 0 saturated carbocycles. The molecule has 1 amide bonds. The summed E-state index contributed by atoms with van der Waals surface area (Å²) < 4.78 is 0. The summed E-state index contributed by atoms with van der Waals surface area (Å²) in [6.45, 7) is 5.26. The lowest BCUT2D eigenvalue weighted by Crippen LogP contribution is -2.43. The van der Waals surface area contributed by atoms with Crippen molar-refractivity contribution in [3.8, 4) is 11.3 Å². The third kappa shape index (κ3) is 6.17. The Labute approximate surface area is 217 Å². The number of likely N-dealkylation sites (N-methyl/N-ethyl adjacent to an activating group) is 1. The average molecular weight is 494 g/mol. The van der Waals surface area contributed by atoms with Crippen molar-refractivity contribution in [1.82, 2.24) is 24.8 Å². The van der Waals surface area contributed by atoms with Gasteiger partial charge in [-0.15, -0.1) is 0 Å². The Balaban J connectivity index is 1.19. The number of benzene rings is 2. The second-order valence-electron chi connectivity index (χ2n) is 9.32. The molecule has 1 aliphatic rings. The predicted octanol–water partition coefficient (Wildman–Crippen LogP) is 4.31. The summed E-state index contributed by atoms with van der Waals surface area (Å²) in [5.41, 5.74) is 5.25. The van der Waals surface area contributed by atoms with E-state index in [1.807, 2.05) is 78.7 Å². The van der Waals surface area contributed by atoms with Gasteiger partial charge in [-0.3, -0.25) is 14.7 Å². The van der Waals surface area contributed by atoms with Crippen LogP contribution in [0.1, 0.15) is 15.9 Å². The Hall–Kier alpha value is -4.14. The minimum Gasteiger partial charge on any atom is -0.322 e. The Morgan fingerprint density at radius 1 is 0.946 bits per heavy atom. The number of hydrogen-bond acceptors (Lipinski definition) is 7. The molecule has 0 radical (unpaired) electrons. The van der Waals surface area contributed by atoms with Gasteiger partial charge in [0.15, 0.2) is 0 Å². The minimum absolute atomic E-state index is 0.125. The molecule has 8 nitrogen and oxygen atoms in total. The minimum atomic E-state index is -0.125. The summed E-state index contributed by atoms with van der Waals surface area (Å²) in [4.78, 5) is 32.8. The van der Waals surface area contributed by atoms with Gasteiger partial charge in [0.25, 0.3) is 5.91 Å². The lowest BCUT2D eigenvalue weighted by Gasteiger charge is -2.32. The molecule has 5 rings (SSSR count). The number of rotatable bonds is 7. The van der Waals surface area contributed by atoms with E-state index in [0.717, 1.165) is 55.4 Å². The molecule has 0 atom stereocenters. The predicted molar refractivity (Wildman–Crippen MR) is 147 cm³/mol. The van der Waals surface area contributed by atoms with Crippen molar-refractivity contribution in [3.63, 3.8) is 0 Å². The van der Waals surface area contributed by atoms with Crippen LogP contribution in [0.5, 0.6) is 0 Å². The molecule has 0 spiro atoms. The molecule has 1 saturated heterocycles. The van der Waals surface area contributed by atoms with Crippen LogP contribution in [0.15, 0.2) is 85.3 Å². The fourth-order valence-corrected chi connectivity index (χ4v) is 4.30. The number of carbonyl (C=O) groups excluding carboxylic acids is 1. The zero-order valence-electron chi connectivity index (χ0n) is 21.2. The molecule has 2 aromatic carbocycles. The lowest BCUT2D eigenvalue weighted by atomic mass is 10.1. The van der Waals surface area contributed by atoms with Crippen LogP contribution < -0.4 is 10.2 Å². The Bertz CT molecular complexity index is 1320. The molecule has 0 bridgehead atoms. The molecule has 3 heterocycles. The monoisotopic (exact) mass is 493 g/mol. The molecule has 188 valence electrons. The van der Waals surface area contributed by atoms with Gasteiger partial charge in [0.2, 0.25) is 5.95 Å². The molecule has 2 aromatic heterocycles. The second kappa shape index (κ2) is 11.3. The van der Waals surface area contributed by atoms with E-state index < -0.39 is 0 Å². The zero-order valence-corrected chi connectivity index (χ0v) is 21.2. The zero-order chi connectivity index (χ0) is 25.6. The van der Waals surface area contributed by atoms with E-state index >= 15 is 0 Å². The van der Waals surface area contributed by atoms with Gasteiger partial charge in [-0.1, -0.05) is 12.1 Å². The van der Waals surface area contributed by atoms with Crippen molar-refractivity contribution < 1.29 is 4.79 Å². The Kier molecular flexibility index (Phi) is 7.49. The number of nitrogens with zero attached hydrogens (tertiary/aromatic N) is 6. The van der Waals surface area contributed by atoms with Gasteiger partial charge in [0, 0.05) is 80.9 Å². The number of amides is 1. The van der Waals surface area contributed by atoms with E-state index in [2.05, 4.69) is 37.1 Å². The van der Waals surface area contributed by atoms with Gasteiger partial charge >= 0.3 is 0 Å². The molecule has 8 heteroatoms. The van der Waals surface area contributed by atoms with Crippen molar-refractivity contribution in [2.24, 2.45) is 0 Å². The number of pyridine rings is 1. The normalized spacial score (nSPS) is 14.3. The van der Waals surface area contributed by atoms with Gasteiger partial charge in [0.05, 0.1) is 5.69 Å². The van der Waals surface area contributed by atoms with Crippen LogP contribution in [0.2, 0.25) is 0 Å². The summed E-state index contributed by atoms with van der Waals surface area (Å²) in [5.74, 6) is 0.453. The largest absolute Gasteiger partial charge is 0.322 e. The highest BCUT2D eigenvalue weighted by Crippen LogP contribution is 2.24. The summed E-state index contributed by atoms with van der Waals surface area (Å²) >= 11 is 0. The molecule has 1 aliphatic heterocycles. The van der Waals surface area contributed by atoms with Gasteiger partial charge < -0.3 is 15.1 Å². The molecular formula is C29H31N7O. The SMILES string of the molecule is CN1CCN(Cc2ccc(C(=O)Nc3ccc(N(C)c4nccc(-c5cccnc5)n4)cc3)cc2)CC1. The smallest absolute Gasteiger partial charge is 0.255 e. The first-order valence-electron chi connectivity index (χ1n) is 12.4. The van der Waals surface area contributed by atoms with Crippen LogP contribution in [-0.2, 0) is 6.54 Å². The van der Waals surface area contributed by atoms with Crippen molar-refractivity contribution in [3.05, 3.63) is 96.4 Å². The molecule has 0 aliphatic carbocycles. The number of nitrogens with one attached hydrogen (secondary N) is 1. The first-order chi connectivity index (χ1) is 18.0. The number of anilines is 3. The van der Waals surface area contributed by atoms with E-state index in [1.54, 1.807) is 18.6 Å². The number of carbonyl (C=O) groups is 1. The third-order valence-corrected chi connectivity index (χ3v) is 6.63. The highest BCUT2D eigenvalue weighted by atomic mass is 16.1. The molecule has 1 N–H and O–H groups in total. The van der Waals surface area contributed by atoms with Gasteiger partial charge in [-0.05, 0) is 67.2 Å². The molecular weight excluding hydrogens is 462 g/mol. The standard InChI is InChI=1S/C29H31N7O/c1-34-16-18-36(19-17-34)21-22-5-7-23(8-6-22)28(37)32-25-9-11-26(12-10-25)35(2)29-31-15-13-27(33-29)24-4-3-14-30-20-24/h3-15,20H,16-19,21H2,1-2H3,(H,32,37). The van der Waals surface area contributed by atoms with Gasteiger partial charge in [0.1, 0.15) is 0 Å². The van der Waals surface area contributed by atoms with E-state index in [1.165, 1.54) is 5.56 Å². The van der Waals surface area contributed by atoms with Crippen molar-refractivity contribution in [1.29, 1.82) is 0 Å². The van der Waals surface area contributed by atoms with Crippen LogP contribution in [0, 0.1) is 0 Å². The maximum Gasteiger partial charge on any atom is 0.255 e. The summed E-state index contributed by atoms with van der Waals surface area (Å²) in [6.07, 6.45) is 5.26. The fourth-order valence-electron chi connectivity index (χ4n) is 4.30. The molecule has 4 aromatic rings. The summed E-state index contributed by atoms with van der Waals surface area (Å²) in [7, 11) is 4.08. The van der Waals surface area contributed by atoms with Crippen LogP contribution in [-0.4, -0.2) is 70.9 Å². The van der Waals surface area contributed by atoms with Crippen molar-refractivity contribution in [2.75, 3.05) is 50.5 Å². The number of piperazine rings is 1. The summed E-state index contributed by atoms with van der Waals surface area (Å²) in [6, 6.07) is 21.3. The maximum atomic E-state index is 12.8. The maximum absolute atomic E-state index is 12.8. The van der Waals surface area contributed by atoms with E-state index in [-0.39, 0.29) is 5.91 Å². The quantitative estimate of drug-likeness (QED) is 0.411. The van der Waals surface area contributed by atoms with Crippen LogP contribution in [0.25, 0.3) is 11.3 Å². The third-order valence-electron chi connectivity index (χ3n) is 6.63. The molecule has 1 fully saturated rings. The van der Waals surface area contributed by atoms with Crippen LogP contribution >= 0.6 is 0 Å². The second-order valence-corrected chi connectivity index (χ2v) is 9.32. The Morgan fingerprint density at radius 3 is 2.41 bits per heavy atom. The average Bonchev–Trinajstić information content (AvgIpc) is 2.95. The van der Waals surface area contributed by atoms with E-state index in [0.29, 0.717) is 11.5 Å². The fraction of sp³-hybridized carbons (Fsp3) is 0.241. The highest BCUT2D eigenvalue weighted by Gasteiger charge is 2.14. The van der Waals surface area contributed by atoms with E-state index in [4.69, 9.17) is 0 Å². The highest BCUT2D eigenvalue weighted by molar-refractivity contribution is 6.04. The van der Waals surface area contributed by atoms with Crippen molar-refractivity contribution in [2.45, 2.75) is 6.54 Å². The molecule has 37 heavy (non-hydrogen) atoms.